The Labute approximate surface area is 72.4 Å². The van der Waals surface area contributed by atoms with Gasteiger partial charge in [0.15, 0.2) is 0 Å². The highest BCUT2D eigenvalue weighted by Gasteiger charge is 2.59. The van der Waals surface area contributed by atoms with Crippen molar-refractivity contribution in [3.05, 3.63) is 12.7 Å². The quantitative estimate of drug-likeness (QED) is 0.466. The minimum absolute atomic E-state index is 0.186. The summed E-state index contributed by atoms with van der Waals surface area (Å²) >= 11 is 0. The van der Waals surface area contributed by atoms with E-state index in [-0.39, 0.29) is 11.9 Å². The SMILES string of the molecule is C=CC1CC1(COC)C(=O)OC. The van der Waals surface area contributed by atoms with Gasteiger partial charge in [0.2, 0.25) is 0 Å². The Morgan fingerprint density at radius 2 is 2.42 bits per heavy atom. The van der Waals surface area contributed by atoms with Gasteiger partial charge in [-0.2, -0.15) is 0 Å². The second-order valence-electron chi connectivity index (χ2n) is 3.13. The molecular formula is C9H14O3. The Kier molecular flexibility index (Phi) is 2.52. The summed E-state index contributed by atoms with van der Waals surface area (Å²) in [7, 11) is 2.99. The van der Waals surface area contributed by atoms with E-state index in [2.05, 4.69) is 6.58 Å². The number of rotatable bonds is 4. The third-order valence-corrected chi connectivity index (χ3v) is 2.41. The number of esters is 1. The summed E-state index contributed by atoms with van der Waals surface area (Å²) < 4.78 is 9.67. The molecule has 0 amide bonds. The molecule has 0 aromatic carbocycles. The van der Waals surface area contributed by atoms with E-state index in [0.717, 1.165) is 6.42 Å². The average molecular weight is 170 g/mol. The van der Waals surface area contributed by atoms with E-state index in [1.165, 1.54) is 7.11 Å². The molecule has 1 fully saturated rings. The molecule has 0 heterocycles. The van der Waals surface area contributed by atoms with Gasteiger partial charge in [-0.1, -0.05) is 6.08 Å². The van der Waals surface area contributed by atoms with Crippen LogP contribution < -0.4 is 0 Å². The standard InChI is InChI=1S/C9H14O3/c1-4-7-5-9(7,6-11-2)8(10)12-3/h4,7H,1,5-6H2,2-3H3. The first-order valence-electron chi connectivity index (χ1n) is 3.91. The van der Waals surface area contributed by atoms with E-state index in [9.17, 15) is 4.79 Å². The second-order valence-corrected chi connectivity index (χ2v) is 3.13. The Hall–Kier alpha value is -0.830. The summed E-state index contributed by atoms with van der Waals surface area (Å²) in [4.78, 5) is 11.3. The minimum atomic E-state index is -0.425. The topological polar surface area (TPSA) is 35.5 Å². The van der Waals surface area contributed by atoms with Crippen LogP contribution in [0.15, 0.2) is 12.7 Å². The molecule has 0 radical (unpaired) electrons. The lowest BCUT2D eigenvalue weighted by Gasteiger charge is -2.11. The van der Waals surface area contributed by atoms with Crippen LogP contribution in [0.1, 0.15) is 6.42 Å². The van der Waals surface area contributed by atoms with E-state index in [0.29, 0.717) is 6.61 Å². The van der Waals surface area contributed by atoms with Gasteiger partial charge in [0.25, 0.3) is 0 Å². The van der Waals surface area contributed by atoms with Gasteiger partial charge in [-0.25, -0.2) is 0 Å². The van der Waals surface area contributed by atoms with Crippen molar-refractivity contribution >= 4 is 5.97 Å². The molecule has 3 heteroatoms. The molecule has 12 heavy (non-hydrogen) atoms. The van der Waals surface area contributed by atoms with Crippen molar-refractivity contribution in [1.29, 1.82) is 0 Å². The van der Waals surface area contributed by atoms with Crippen LogP contribution in [0.5, 0.6) is 0 Å². The molecule has 0 spiro atoms. The van der Waals surface area contributed by atoms with Crippen molar-refractivity contribution in [2.75, 3.05) is 20.8 Å². The lowest BCUT2D eigenvalue weighted by atomic mass is 10.1. The fraction of sp³-hybridized carbons (Fsp3) is 0.667. The van der Waals surface area contributed by atoms with Crippen molar-refractivity contribution in [3.8, 4) is 0 Å². The van der Waals surface area contributed by atoms with E-state index in [1.54, 1.807) is 13.2 Å². The Bertz CT molecular complexity index is 200. The van der Waals surface area contributed by atoms with Crippen molar-refractivity contribution < 1.29 is 14.3 Å². The summed E-state index contributed by atoms with van der Waals surface area (Å²) in [6, 6.07) is 0. The molecule has 1 aliphatic rings. The van der Waals surface area contributed by atoms with Gasteiger partial charge in [-0.3, -0.25) is 4.79 Å². The fourth-order valence-corrected chi connectivity index (χ4v) is 1.56. The Morgan fingerprint density at radius 1 is 1.75 bits per heavy atom. The molecule has 2 atom stereocenters. The zero-order valence-corrected chi connectivity index (χ0v) is 7.50. The van der Waals surface area contributed by atoms with Gasteiger partial charge in [0, 0.05) is 7.11 Å². The number of carbonyl (C=O) groups is 1. The second kappa shape index (κ2) is 3.27. The van der Waals surface area contributed by atoms with Gasteiger partial charge in [-0.05, 0) is 12.3 Å². The highest BCUT2D eigenvalue weighted by atomic mass is 16.5. The molecule has 1 aliphatic carbocycles. The Morgan fingerprint density at radius 3 is 2.75 bits per heavy atom. The third kappa shape index (κ3) is 1.25. The molecule has 0 aliphatic heterocycles. The highest BCUT2D eigenvalue weighted by molar-refractivity contribution is 5.81. The molecule has 1 saturated carbocycles. The van der Waals surface area contributed by atoms with Gasteiger partial charge >= 0.3 is 5.97 Å². The van der Waals surface area contributed by atoms with Crippen LogP contribution >= 0.6 is 0 Å². The zero-order valence-electron chi connectivity index (χ0n) is 7.50. The van der Waals surface area contributed by atoms with Crippen molar-refractivity contribution in [3.63, 3.8) is 0 Å². The van der Waals surface area contributed by atoms with Gasteiger partial charge < -0.3 is 9.47 Å². The van der Waals surface area contributed by atoms with Crippen molar-refractivity contribution in [2.24, 2.45) is 11.3 Å². The van der Waals surface area contributed by atoms with Crippen LogP contribution in [-0.4, -0.2) is 26.8 Å². The third-order valence-electron chi connectivity index (χ3n) is 2.41. The summed E-state index contributed by atoms with van der Waals surface area (Å²) in [5.74, 6) is 0.0409. The summed E-state index contributed by atoms with van der Waals surface area (Å²) in [6.45, 7) is 4.08. The van der Waals surface area contributed by atoms with Crippen LogP contribution in [0, 0.1) is 11.3 Å². The number of carbonyl (C=O) groups excluding carboxylic acids is 1. The molecule has 3 nitrogen and oxygen atoms in total. The number of methoxy groups -OCH3 is 2. The smallest absolute Gasteiger partial charge is 0.314 e. The highest BCUT2D eigenvalue weighted by Crippen LogP contribution is 2.54. The molecule has 0 saturated heterocycles. The van der Waals surface area contributed by atoms with Gasteiger partial charge in [0.05, 0.1) is 19.1 Å². The van der Waals surface area contributed by atoms with Crippen molar-refractivity contribution in [2.45, 2.75) is 6.42 Å². The van der Waals surface area contributed by atoms with Crippen LogP contribution in [-0.2, 0) is 14.3 Å². The fourth-order valence-electron chi connectivity index (χ4n) is 1.56. The summed E-state index contributed by atoms with van der Waals surface area (Å²) in [5, 5.41) is 0. The lowest BCUT2D eigenvalue weighted by molar-refractivity contribution is -0.149. The van der Waals surface area contributed by atoms with Crippen molar-refractivity contribution in [1.82, 2.24) is 0 Å². The van der Waals surface area contributed by atoms with E-state index >= 15 is 0 Å². The maximum Gasteiger partial charge on any atom is 0.314 e. The number of ether oxygens (including phenoxy) is 2. The van der Waals surface area contributed by atoms with Crippen LogP contribution in [0.25, 0.3) is 0 Å². The first-order chi connectivity index (χ1) is 5.71. The monoisotopic (exact) mass is 170 g/mol. The maximum atomic E-state index is 11.3. The maximum absolute atomic E-state index is 11.3. The average Bonchev–Trinajstić information content (AvgIpc) is 2.79. The number of hydrogen-bond donors (Lipinski definition) is 0. The van der Waals surface area contributed by atoms with E-state index in [1.807, 2.05) is 0 Å². The minimum Gasteiger partial charge on any atom is -0.469 e. The summed E-state index contributed by atoms with van der Waals surface area (Å²) in [5.41, 5.74) is -0.425. The predicted molar refractivity (Wildman–Crippen MR) is 44.6 cm³/mol. The molecule has 68 valence electrons. The Balaban J connectivity index is 2.64. The van der Waals surface area contributed by atoms with Gasteiger partial charge in [0.1, 0.15) is 0 Å². The lowest BCUT2D eigenvalue weighted by Crippen LogP contribution is -2.24. The summed E-state index contributed by atoms with van der Waals surface area (Å²) in [6.07, 6.45) is 2.59. The predicted octanol–water partition coefficient (Wildman–Crippen LogP) is 0.998. The first-order valence-corrected chi connectivity index (χ1v) is 3.91. The van der Waals surface area contributed by atoms with E-state index < -0.39 is 5.41 Å². The molecule has 1 rings (SSSR count). The molecule has 2 unspecified atom stereocenters. The largest absolute Gasteiger partial charge is 0.469 e. The normalized spacial score (nSPS) is 32.7. The number of hydrogen-bond acceptors (Lipinski definition) is 3. The first kappa shape index (κ1) is 9.26. The van der Waals surface area contributed by atoms with Crippen LogP contribution in [0.3, 0.4) is 0 Å². The molecule has 0 bridgehead atoms. The van der Waals surface area contributed by atoms with Crippen LogP contribution in [0.4, 0.5) is 0 Å². The molecular weight excluding hydrogens is 156 g/mol. The van der Waals surface area contributed by atoms with Crippen LogP contribution in [0.2, 0.25) is 0 Å². The molecule has 0 aromatic heterocycles. The molecule has 0 aromatic rings. The number of allylic oxidation sites excluding steroid dienone is 1. The zero-order chi connectivity index (χ0) is 9.19. The van der Waals surface area contributed by atoms with Gasteiger partial charge in [-0.15, -0.1) is 6.58 Å². The molecule has 0 N–H and O–H groups in total. The van der Waals surface area contributed by atoms with E-state index in [4.69, 9.17) is 9.47 Å².